The van der Waals surface area contributed by atoms with Crippen LogP contribution in [-0.4, -0.2) is 53.8 Å². The quantitative estimate of drug-likeness (QED) is 0.855. The van der Waals surface area contributed by atoms with Gasteiger partial charge >= 0.3 is 0 Å². The minimum Gasteiger partial charge on any atom is -0.349 e. The molecule has 5 heteroatoms. The van der Waals surface area contributed by atoms with Crippen LogP contribution in [0, 0.1) is 5.92 Å². The summed E-state index contributed by atoms with van der Waals surface area (Å²) in [6.45, 7) is 9.46. The highest BCUT2D eigenvalue weighted by Crippen LogP contribution is 2.47. The molecule has 0 bridgehead atoms. The van der Waals surface area contributed by atoms with E-state index in [1.54, 1.807) is 13.8 Å². The Hall–Kier alpha value is -2.14. The summed E-state index contributed by atoms with van der Waals surface area (Å²) in [5.74, 6) is 0.0856. The van der Waals surface area contributed by atoms with Gasteiger partial charge < -0.3 is 15.1 Å². The SMILES string of the molecule is C=C(C)C(=O)N1C[C@]2(NC(C)=O)CCN(C)C[C@@H]2[C@H]1c1ccccc1. The number of carbonyl (C=O) groups is 2. The largest absolute Gasteiger partial charge is 0.349 e. The van der Waals surface area contributed by atoms with E-state index in [9.17, 15) is 9.59 Å². The molecule has 0 aromatic heterocycles. The zero-order chi connectivity index (χ0) is 18.2. The summed E-state index contributed by atoms with van der Waals surface area (Å²) in [5, 5.41) is 3.21. The van der Waals surface area contributed by atoms with Crippen LogP contribution in [0.15, 0.2) is 42.5 Å². The fraction of sp³-hybridized carbons (Fsp3) is 0.500. The number of rotatable bonds is 3. The maximum Gasteiger partial charge on any atom is 0.249 e. The lowest BCUT2D eigenvalue weighted by atomic mass is 9.76. The van der Waals surface area contributed by atoms with E-state index in [0.717, 1.165) is 25.1 Å². The van der Waals surface area contributed by atoms with Crippen molar-refractivity contribution in [2.75, 3.05) is 26.7 Å². The molecule has 0 radical (unpaired) electrons. The van der Waals surface area contributed by atoms with E-state index < -0.39 is 0 Å². The van der Waals surface area contributed by atoms with Gasteiger partial charge in [-0.15, -0.1) is 0 Å². The normalized spacial score (nSPS) is 29.2. The van der Waals surface area contributed by atoms with Crippen molar-refractivity contribution in [1.29, 1.82) is 0 Å². The summed E-state index contributed by atoms with van der Waals surface area (Å²) in [5.41, 5.74) is 1.28. The zero-order valence-corrected chi connectivity index (χ0v) is 15.3. The second kappa shape index (κ2) is 6.64. The van der Waals surface area contributed by atoms with Crippen molar-refractivity contribution in [3.63, 3.8) is 0 Å². The summed E-state index contributed by atoms with van der Waals surface area (Å²) >= 11 is 0. The van der Waals surface area contributed by atoms with Crippen LogP contribution in [0.3, 0.4) is 0 Å². The van der Waals surface area contributed by atoms with E-state index >= 15 is 0 Å². The van der Waals surface area contributed by atoms with Gasteiger partial charge in [-0.2, -0.15) is 0 Å². The first-order valence-corrected chi connectivity index (χ1v) is 8.83. The molecule has 3 atom stereocenters. The number of hydrogen-bond donors (Lipinski definition) is 1. The molecule has 0 spiro atoms. The van der Waals surface area contributed by atoms with E-state index in [4.69, 9.17) is 0 Å². The van der Waals surface area contributed by atoms with Crippen LogP contribution >= 0.6 is 0 Å². The molecule has 5 nitrogen and oxygen atoms in total. The Bertz CT molecular complexity index is 687. The van der Waals surface area contributed by atoms with Gasteiger partial charge in [0.1, 0.15) is 0 Å². The third kappa shape index (κ3) is 3.21. The zero-order valence-electron chi connectivity index (χ0n) is 15.3. The second-order valence-corrected chi connectivity index (χ2v) is 7.52. The first-order chi connectivity index (χ1) is 11.8. The van der Waals surface area contributed by atoms with Crippen molar-refractivity contribution in [2.45, 2.75) is 31.8 Å². The molecular weight excluding hydrogens is 314 g/mol. The first-order valence-electron chi connectivity index (χ1n) is 8.83. The number of carbonyl (C=O) groups excluding carboxylic acids is 2. The van der Waals surface area contributed by atoms with Gasteiger partial charge in [0.25, 0.3) is 0 Å². The molecule has 0 saturated carbocycles. The van der Waals surface area contributed by atoms with Crippen molar-refractivity contribution in [3.05, 3.63) is 48.0 Å². The second-order valence-electron chi connectivity index (χ2n) is 7.52. The number of nitrogens with zero attached hydrogens (tertiary/aromatic N) is 2. The molecule has 2 fully saturated rings. The molecule has 1 N–H and O–H groups in total. The van der Waals surface area contributed by atoms with Gasteiger partial charge in [-0.1, -0.05) is 36.9 Å². The molecule has 1 aromatic rings. The predicted molar refractivity (Wildman–Crippen MR) is 97.9 cm³/mol. The Morgan fingerprint density at radius 1 is 1.24 bits per heavy atom. The van der Waals surface area contributed by atoms with Gasteiger partial charge in [0.2, 0.25) is 11.8 Å². The van der Waals surface area contributed by atoms with Crippen molar-refractivity contribution >= 4 is 11.8 Å². The van der Waals surface area contributed by atoms with E-state index in [0.29, 0.717) is 12.1 Å². The van der Waals surface area contributed by atoms with Gasteiger partial charge in [0.15, 0.2) is 0 Å². The average molecular weight is 341 g/mol. The van der Waals surface area contributed by atoms with Gasteiger partial charge in [-0.3, -0.25) is 9.59 Å². The Morgan fingerprint density at radius 3 is 2.52 bits per heavy atom. The molecule has 0 aliphatic carbocycles. The van der Waals surface area contributed by atoms with Crippen molar-refractivity contribution in [2.24, 2.45) is 5.92 Å². The molecule has 25 heavy (non-hydrogen) atoms. The number of amides is 2. The smallest absolute Gasteiger partial charge is 0.249 e. The number of likely N-dealkylation sites (tertiary alicyclic amines) is 2. The fourth-order valence-corrected chi connectivity index (χ4v) is 4.45. The van der Waals surface area contributed by atoms with Crippen molar-refractivity contribution in [3.8, 4) is 0 Å². The molecule has 134 valence electrons. The Kier molecular flexibility index (Phi) is 4.69. The number of hydrogen-bond acceptors (Lipinski definition) is 3. The minimum atomic E-state index is -0.371. The maximum absolute atomic E-state index is 12.9. The average Bonchev–Trinajstić information content (AvgIpc) is 2.88. The molecule has 0 unspecified atom stereocenters. The standard InChI is InChI=1S/C20H27N3O2/c1-14(2)19(25)23-13-20(21-15(3)24)10-11-22(4)12-17(20)18(23)16-8-6-5-7-9-16/h5-9,17-18H,1,10-13H2,2-4H3,(H,21,24)/t17-,18-,20-/m1/s1. The van der Waals surface area contributed by atoms with Crippen LogP contribution in [0.2, 0.25) is 0 Å². The topological polar surface area (TPSA) is 52.7 Å². The molecule has 3 rings (SSSR count). The lowest BCUT2D eigenvalue weighted by molar-refractivity contribution is -0.128. The van der Waals surface area contributed by atoms with Gasteiger partial charge in [0, 0.05) is 38.0 Å². The Morgan fingerprint density at radius 2 is 1.92 bits per heavy atom. The summed E-state index contributed by atoms with van der Waals surface area (Å²) in [4.78, 5) is 29.0. The molecule has 2 amide bonds. The van der Waals surface area contributed by atoms with Crippen LogP contribution in [0.4, 0.5) is 0 Å². The number of piperidine rings is 1. The van der Waals surface area contributed by atoms with Crippen LogP contribution in [0.1, 0.15) is 31.9 Å². The number of fused-ring (bicyclic) bond motifs is 1. The summed E-state index contributed by atoms with van der Waals surface area (Å²) in [6, 6.07) is 10.1. The Labute approximate surface area is 149 Å². The minimum absolute atomic E-state index is 0.0318. The highest BCUT2D eigenvalue weighted by Gasteiger charge is 2.56. The van der Waals surface area contributed by atoms with Crippen molar-refractivity contribution < 1.29 is 9.59 Å². The summed E-state index contributed by atoms with van der Waals surface area (Å²) in [6.07, 6.45) is 0.844. The summed E-state index contributed by atoms with van der Waals surface area (Å²) in [7, 11) is 2.10. The third-order valence-corrected chi connectivity index (χ3v) is 5.52. The van der Waals surface area contributed by atoms with Crippen LogP contribution < -0.4 is 5.32 Å². The first kappa shape index (κ1) is 17.7. The van der Waals surface area contributed by atoms with Crippen LogP contribution in [-0.2, 0) is 9.59 Å². The maximum atomic E-state index is 12.9. The highest BCUT2D eigenvalue weighted by molar-refractivity contribution is 5.93. The van der Waals surface area contributed by atoms with Crippen LogP contribution in [0.5, 0.6) is 0 Å². The van der Waals surface area contributed by atoms with E-state index in [2.05, 4.69) is 36.0 Å². The lowest BCUT2D eigenvalue weighted by Gasteiger charge is -2.43. The van der Waals surface area contributed by atoms with E-state index in [-0.39, 0.29) is 29.3 Å². The fourth-order valence-electron chi connectivity index (χ4n) is 4.45. The molecule has 2 saturated heterocycles. The van der Waals surface area contributed by atoms with Gasteiger partial charge in [-0.25, -0.2) is 0 Å². The molecular formula is C20H27N3O2. The molecule has 2 heterocycles. The van der Waals surface area contributed by atoms with E-state index in [1.807, 2.05) is 23.1 Å². The number of benzene rings is 1. The number of nitrogens with one attached hydrogen (secondary N) is 1. The van der Waals surface area contributed by atoms with Gasteiger partial charge in [0.05, 0.1) is 11.6 Å². The highest BCUT2D eigenvalue weighted by atomic mass is 16.2. The van der Waals surface area contributed by atoms with Crippen LogP contribution in [0.25, 0.3) is 0 Å². The molecule has 2 aliphatic heterocycles. The van der Waals surface area contributed by atoms with Gasteiger partial charge in [-0.05, 0) is 26.0 Å². The molecule has 2 aliphatic rings. The van der Waals surface area contributed by atoms with Crippen molar-refractivity contribution in [1.82, 2.24) is 15.1 Å². The monoisotopic (exact) mass is 341 g/mol. The summed E-state index contributed by atoms with van der Waals surface area (Å²) < 4.78 is 0. The molecule has 1 aromatic carbocycles. The lowest BCUT2D eigenvalue weighted by Crippen LogP contribution is -2.60. The third-order valence-electron chi connectivity index (χ3n) is 5.52. The predicted octanol–water partition coefficient (Wildman–Crippen LogP) is 1.97. The van der Waals surface area contributed by atoms with E-state index in [1.165, 1.54) is 0 Å². The Balaban J connectivity index is 2.08.